The molecule has 5 nitrogen and oxygen atoms in total. The number of para-hydroxylation sites is 1. The van der Waals surface area contributed by atoms with Gasteiger partial charge >= 0.3 is 5.97 Å². The third-order valence-corrected chi connectivity index (χ3v) is 2.78. The molecule has 0 N–H and O–H groups in total. The van der Waals surface area contributed by atoms with Gasteiger partial charge < -0.3 is 9.47 Å². The van der Waals surface area contributed by atoms with E-state index in [4.69, 9.17) is 4.74 Å². The van der Waals surface area contributed by atoms with Gasteiger partial charge in [-0.05, 0) is 17.5 Å². The second-order valence-corrected chi connectivity index (χ2v) is 4.53. The van der Waals surface area contributed by atoms with Crippen molar-refractivity contribution in [3.05, 3.63) is 47.9 Å². The van der Waals surface area contributed by atoms with E-state index in [1.807, 2.05) is 24.3 Å². The molecule has 0 aliphatic heterocycles. The first-order chi connectivity index (χ1) is 9.61. The second kappa shape index (κ2) is 6.14. The molecule has 2 rings (SSSR count). The van der Waals surface area contributed by atoms with Crippen LogP contribution in [0.3, 0.4) is 0 Å². The molecule has 2 aromatic rings. The van der Waals surface area contributed by atoms with Crippen LogP contribution in [0.1, 0.15) is 35.8 Å². The number of aromatic nitrogens is 2. The highest BCUT2D eigenvalue weighted by Crippen LogP contribution is 2.29. The first-order valence-corrected chi connectivity index (χ1v) is 6.29. The monoisotopic (exact) mass is 272 g/mol. The van der Waals surface area contributed by atoms with Gasteiger partial charge in [-0.3, -0.25) is 0 Å². The molecule has 0 atom stereocenters. The number of nitrogens with zero attached hydrogens (tertiary/aromatic N) is 2. The molecule has 0 amide bonds. The summed E-state index contributed by atoms with van der Waals surface area (Å²) >= 11 is 0. The zero-order valence-corrected chi connectivity index (χ0v) is 11.7. The molecule has 0 aliphatic carbocycles. The maximum absolute atomic E-state index is 11.3. The summed E-state index contributed by atoms with van der Waals surface area (Å²) in [5.41, 5.74) is 1.24. The SMILES string of the molecule is COC(=O)c1cnc(Oc2ccccc2C(C)C)cn1. The summed E-state index contributed by atoms with van der Waals surface area (Å²) in [7, 11) is 1.30. The predicted octanol–water partition coefficient (Wildman–Crippen LogP) is 3.18. The number of rotatable bonds is 4. The molecule has 5 heteroatoms. The molecule has 0 radical (unpaired) electrons. The number of methoxy groups -OCH3 is 1. The Morgan fingerprint density at radius 2 is 1.90 bits per heavy atom. The highest BCUT2D eigenvalue weighted by molar-refractivity contribution is 5.86. The standard InChI is InChI=1S/C15H16N2O3/c1-10(2)11-6-4-5-7-13(11)20-14-9-16-12(8-17-14)15(18)19-3/h4-10H,1-3H3. The lowest BCUT2D eigenvalue weighted by Gasteiger charge is -2.12. The molecule has 20 heavy (non-hydrogen) atoms. The van der Waals surface area contributed by atoms with Crippen molar-refractivity contribution in [2.45, 2.75) is 19.8 Å². The summed E-state index contributed by atoms with van der Waals surface area (Å²) in [5.74, 6) is 0.897. The van der Waals surface area contributed by atoms with Crippen LogP contribution in [0.4, 0.5) is 0 Å². The summed E-state index contributed by atoms with van der Waals surface area (Å²) in [6, 6.07) is 7.76. The number of benzene rings is 1. The van der Waals surface area contributed by atoms with E-state index in [0.29, 0.717) is 11.8 Å². The van der Waals surface area contributed by atoms with Crippen molar-refractivity contribution < 1.29 is 14.3 Å². The van der Waals surface area contributed by atoms with Crippen LogP contribution < -0.4 is 4.74 Å². The van der Waals surface area contributed by atoms with Crippen molar-refractivity contribution in [2.24, 2.45) is 0 Å². The Hall–Kier alpha value is -2.43. The van der Waals surface area contributed by atoms with Crippen LogP contribution in [-0.4, -0.2) is 23.0 Å². The van der Waals surface area contributed by atoms with Crippen LogP contribution in [0.2, 0.25) is 0 Å². The maximum Gasteiger partial charge on any atom is 0.358 e. The molecule has 0 saturated carbocycles. The summed E-state index contributed by atoms with van der Waals surface area (Å²) in [5, 5.41) is 0. The zero-order chi connectivity index (χ0) is 14.5. The molecule has 0 aliphatic rings. The fourth-order valence-corrected chi connectivity index (χ4v) is 1.74. The quantitative estimate of drug-likeness (QED) is 0.800. The lowest BCUT2D eigenvalue weighted by molar-refractivity contribution is 0.0593. The minimum Gasteiger partial charge on any atom is -0.464 e. The van der Waals surface area contributed by atoms with Gasteiger partial charge in [-0.25, -0.2) is 14.8 Å². The number of carbonyl (C=O) groups excluding carboxylic acids is 1. The molecule has 1 heterocycles. The van der Waals surface area contributed by atoms with Gasteiger partial charge in [0.1, 0.15) is 5.75 Å². The molecule has 1 aromatic carbocycles. The molecule has 0 fully saturated rings. The minimum absolute atomic E-state index is 0.150. The Labute approximate surface area is 117 Å². The first kappa shape index (κ1) is 14.0. The van der Waals surface area contributed by atoms with Gasteiger partial charge in [0.05, 0.1) is 19.5 Å². The van der Waals surface area contributed by atoms with E-state index in [2.05, 4.69) is 28.6 Å². The highest BCUT2D eigenvalue weighted by atomic mass is 16.5. The van der Waals surface area contributed by atoms with Gasteiger partial charge in [-0.1, -0.05) is 32.0 Å². The average molecular weight is 272 g/mol. The van der Waals surface area contributed by atoms with E-state index in [1.165, 1.54) is 19.5 Å². The topological polar surface area (TPSA) is 61.3 Å². The zero-order valence-electron chi connectivity index (χ0n) is 11.7. The molecule has 0 spiro atoms. The maximum atomic E-state index is 11.3. The summed E-state index contributed by atoms with van der Waals surface area (Å²) in [6.45, 7) is 4.18. The molecule has 0 unspecified atom stereocenters. The molecule has 104 valence electrons. The third-order valence-electron chi connectivity index (χ3n) is 2.78. The Bertz CT molecular complexity index is 594. The lowest BCUT2D eigenvalue weighted by atomic mass is 10.0. The van der Waals surface area contributed by atoms with E-state index in [9.17, 15) is 4.79 Å². The third kappa shape index (κ3) is 3.12. The van der Waals surface area contributed by atoms with Gasteiger partial charge in [0.15, 0.2) is 5.69 Å². The molecule has 1 aromatic heterocycles. The second-order valence-electron chi connectivity index (χ2n) is 4.53. The van der Waals surface area contributed by atoms with Crippen molar-refractivity contribution in [3.8, 4) is 11.6 Å². The van der Waals surface area contributed by atoms with Crippen molar-refractivity contribution in [3.63, 3.8) is 0 Å². The fourth-order valence-electron chi connectivity index (χ4n) is 1.74. The first-order valence-electron chi connectivity index (χ1n) is 6.29. The number of hydrogen-bond acceptors (Lipinski definition) is 5. The van der Waals surface area contributed by atoms with Crippen molar-refractivity contribution >= 4 is 5.97 Å². The van der Waals surface area contributed by atoms with Crippen LogP contribution >= 0.6 is 0 Å². The fraction of sp³-hybridized carbons (Fsp3) is 0.267. The van der Waals surface area contributed by atoms with Gasteiger partial charge in [-0.15, -0.1) is 0 Å². The molecule has 0 bridgehead atoms. The number of esters is 1. The molecular weight excluding hydrogens is 256 g/mol. The summed E-state index contributed by atoms with van der Waals surface area (Å²) in [4.78, 5) is 19.3. The predicted molar refractivity (Wildman–Crippen MR) is 74.0 cm³/mol. The van der Waals surface area contributed by atoms with E-state index in [0.717, 1.165) is 11.3 Å². The largest absolute Gasteiger partial charge is 0.464 e. The van der Waals surface area contributed by atoms with Gasteiger partial charge in [0.25, 0.3) is 0 Å². The van der Waals surface area contributed by atoms with E-state index >= 15 is 0 Å². The van der Waals surface area contributed by atoms with Crippen molar-refractivity contribution in [1.29, 1.82) is 0 Å². The van der Waals surface area contributed by atoms with Gasteiger partial charge in [0, 0.05) is 0 Å². The van der Waals surface area contributed by atoms with Crippen molar-refractivity contribution in [1.82, 2.24) is 9.97 Å². The number of hydrogen-bond donors (Lipinski definition) is 0. The number of carbonyl (C=O) groups is 1. The van der Waals surface area contributed by atoms with Crippen molar-refractivity contribution in [2.75, 3.05) is 7.11 Å². The Morgan fingerprint density at radius 1 is 1.15 bits per heavy atom. The Morgan fingerprint density at radius 3 is 2.50 bits per heavy atom. The van der Waals surface area contributed by atoms with E-state index < -0.39 is 5.97 Å². The van der Waals surface area contributed by atoms with Crippen LogP contribution in [0, 0.1) is 0 Å². The Balaban J connectivity index is 2.20. The van der Waals surface area contributed by atoms with E-state index in [1.54, 1.807) is 0 Å². The smallest absolute Gasteiger partial charge is 0.358 e. The van der Waals surface area contributed by atoms with Gasteiger partial charge in [0.2, 0.25) is 5.88 Å². The average Bonchev–Trinajstić information content (AvgIpc) is 2.47. The molecule has 0 saturated heterocycles. The normalized spacial score (nSPS) is 10.4. The summed E-state index contributed by atoms with van der Waals surface area (Å²) in [6.07, 6.45) is 2.74. The lowest BCUT2D eigenvalue weighted by Crippen LogP contribution is -2.05. The van der Waals surface area contributed by atoms with Crippen LogP contribution in [0.15, 0.2) is 36.7 Å². The van der Waals surface area contributed by atoms with Crippen LogP contribution in [0.25, 0.3) is 0 Å². The van der Waals surface area contributed by atoms with Gasteiger partial charge in [-0.2, -0.15) is 0 Å². The molecular formula is C15H16N2O3. The Kier molecular flexibility index (Phi) is 4.30. The van der Waals surface area contributed by atoms with E-state index in [-0.39, 0.29) is 5.69 Å². The summed E-state index contributed by atoms with van der Waals surface area (Å²) < 4.78 is 10.3. The number of ether oxygens (including phenoxy) is 2. The van der Waals surface area contributed by atoms with Crippen LogP contribution in [-0.2, 0) is 4.74 Å². The van der Waals surface area contributed by atoms with Crippen LogP contribution in [0.5, 0.6) is 11.6 Å². The highest BCUT2D eigenvalue weighted by Gasteiger charge is 2.11. The minimum atomic E-state index is -0.522.